The molecule has 3 unspecified atom stereocenters. The number of nitrogens with one attached hydrogen (secondary N) is 2. The zero-order valence-corrected chi connectivity index (χ0v) is 26.9. The lowest BCUT2D eigenvalue weighted by molar-refractivity contribution is -0.245. The highest BCUT2D eigenvalue weighted by Gasteiger charge is 2.32. The topological polar surface area (TPSA) is 134 Å². The normalized spacial score (nSPS) is 17.5. The van der Waals surface area contributed by atoms with Gasteiger partial charge in [0.2, 0.25) is 11.8 Å². The average molecular weight is 655 g/mol. The summed E-state index contributed by atoms with van der Waals surface area (Å²) in [5.74, 6) is -0.692. The fourth-order valence-corrected chi connectivity index (χ4v) is 6.17. The van der Waals surface area contributed by atoms with Gasteiger partial charge >= 0.3 is 5.97 Å². The highest BCUT2D eigenvalue weighted by Crippen LogP contribution is 2.40. The smallest absolute Gasteiger partial charge is 0.303 e. The van der Waals surface area contributed by atoms with Crippen LogP contribution in [0.3, 0.4) is 0 Å². The van der Waals surface area contributed by atoms with Crippen molar-refractivity contribution < 1.29 is 34.1 Å². The van der Waals surface area contributed by atoms with Crippen LogP contribution in [0.25, 0.3) is 11.1 Å². The van der Waals surface area contributed by atoms with Crippen LogP contribution in [0.5, 0.6) is 0 Å². The molecule has 4 aromatic carbocycles. The second kappa shape index (κ2) is 16.4. The maximum absolute atomic E-state index is 12.0. The first-order chi connectivity index (χ1) is 22.7. The maximum atomic E-state index is 12.0. The lowest BCUT2D eigenvalue weighted by Gasteiger charge is -2.36. The number of thioether (sulfide) groups is 1. The summed E-state index contributed by atoms with van der Waals surface area (Å²) in [6, 6.07) is 31.5. The van der Waals surface area contributed by atoms with Crippen molar-refractivity contribution in [3.05, 3.63) is 119 Å². The van der Waals surface area contributed by atoms with Gasteiger partial charge in [-0.25, -0.2) is 0 Å². The number of benzene rings is 4. The number of carboxylic acids is 1. The molecule has 0 radical (unpaired) electrons. The molecule has 5 rings (SSSR count). The zero-order chi connectivity index (χ0) is 33.2. The number of amides is 2. The monoisotopic (exact) mass is 654 g/mol. The summed E-state index contributed by atoms with van der Waals surface area (Å²) in [6.45, 7) is 1.78. The van der Waals surface area contributed by atoms with E-state index in [0.717, 1.165) is 44.0 Å². The van der Waals surface area contributed by atoms with Crippen molar-refractivity contribution in [1.29, 1.82) is 0 Å². The molecule has 0 aromatic heterocycles. The maximum Gasteiger partial charge on any atom is 0.303 e. The molecule has 0 bridgehead atoms. The van der Waals surface area contributed by atoms with Gasteiger partial charge in [-0.1, -0.05) is 66.7 Å². The van der Waals surface area contributed by atoms with E-state index in [1.807, 2.05) is 97.1 Å². The van der Waals surface area contributed by atoms with E-state index in [2.05, 4.69) is 10.6 Å². The molecular formula is C37H38N2O7S. The molecule has 3 atom stereocenters. The van der Waals surface area contributed by atoms with Crippen LogP contribution < -0.4 is 10.6 Å². The molecule has 244 valence electrons. The van der Waals surface area contributed by atoms with Crippen molar-refractivity contribution in [2.75, 3.05) is 11.1 Å². The molecule has 0 spiro atoms. The third-order valence-electron chi connectivity index (χ3n) is 7.72. The van der Waals surface area contributed by atoms with Crippen molar-refractivity contribution in [2.45, 2.75) is 62.7 Å². The van der Waals surface area contributed by atoms with E-state index < -0.39 is 12.3 Å². The first kappa shape index (κ1) is 33.9. The largest absolute Gasteiger partial charge is 0.481 e. The summed E-state index contributed by atoms with van der Waals surface area (Å²) in [5, 5.41) is 23.9. The quantitative estimate of drug-likeness (QED) is 0.118. The molecule has 1 aliphatic heterocycles. The molecule has 1 fully saturated rings. The van der Waals surface area contributed by atoms with E-state index in [1.54, 1.807) is 11.8 Å². The van der Waals surface area contributed by atoms with Gasteiger partial charge in [-0.3, -0.25) is 14.4 Å². The van der Waals surface area contributed by atoms with E-state index >= 15 is 0 Å². The van der Waals surface area contributed by atoms with Crippen molar-refractivity contribution in [3.63, 3.8) is 0 Å². The molecule has 47 heavy (non-hydrogen) atoms. The lowest BCUT2D eigenvalue weighted by Crippen LogP contribution is -2.31. The molecular weight excluding hydrogens is 616 g/mol. The fourth-order valence-electron chi connectivity index (χ4n) is 5.25. The Morgan fingerprint density at radius 3 is 2.23 bits per heavy atom. The number of carbonyl (C=O) groups is 3. The van der Waals surface area contributed by atoms with Crippen molar-refractivity contribution in [3.8, 4) is 11.1 Å². The third-order valence-corrected chi connectivity index (χ3v) is 8.87. The van der Waals surface area contributed by atoms with Crippen LogP contribution >= 0.6 is 11.8 Å². The molecule has 0 saturated carbocycles. The van der Waals surface area contributed by atoms with Gasteiger partial charge < -0.3 is 30.3 Å². The van der Waals surface area contributed by atoms with Crippen molar-refractivity contribution >= 4 is 35.2 Å². The highest BCUT2D eigenvalue weighted by atomic mass is 32.2. The van der Waals surface area contributed by atoms with Gasteiger partial charge in [-0.15, -0.1) is 11.8 Å². The summed E-state index contributed by atoms with van der Waals surface area (Å²) in [4.78, 5) is 35.1. The minimum absolute atomic E-state index is 0.0196. The van der Waals surface area contributed by atoms with E-state index in [0.29, 0.717) is 18.7 Å². The number of carbonyl (C=O) groups excluding carboxylic acids is 2. The highest BCUT2D eigenvalue weighted by molar-refractivity contribution is 7.99. The number of hydrogen-bond acceptors (Lipinski definition) is 7. The van der Waals surface area contributed by atoms with Crippen LogP contribution in [-0.2, 0) is 37.0 Å². The second-order valence-corrected chi connectivity index (χ2v) is 12.5. The Bertz CT molecular complexity index is 1660. The van der Waals surface area contributed by atoms with Crippen LogP contribution in [0.2, 0.25) is 0 Å². The summed E-state index contributed by atoms with van der Waals surface area (Å²) in [7, 11) is 0. The van der Waals surface area contributed by atoms with Crippen LogP contribution in [0.1, 0.15) is 60.8 Å². The summed E-state index contributed by atoms with van der Waals surface area (Å²) >= 11 is 1.69. The number of aliphatic hydroxyl groups is 1. The van der Waals surface area contributed by atoms with E-state index in [4.69, 9.17) is 14.6 Å². The molecule has 2 amide bonds. The predicted molar refractivity (Wildman–Crippen MR) is 180 cm³/mol. The molecule has 1 heterocycles. The summed E-state index contributed by atoms with van der Waals surface area (Å²) in [5.41, 5.74) is 6.40. The number of carboxylic acid groups (broad SMARTS) is 1. The molecule has 9 nitrogen and oxygen atoms in total. The van der Waals surface area contributed by atoms with Gasteiger partial charge in [-0.05, 0) is 58.1 Å². The van der Waals surface area contributed by atoms with E-state index in [1.165, 1.54) is 6.92 Å². The van der Waals surface area contributed by atoms with Crippen LogP contribution in [0.15, 0.2) is 102 Å². The molecule has 1 aliphatic rings. The lowest BCUT2D eigenvalue weighted by atomic mass is 9.99. The summed E-state index contributed by atoms with van der Waals surface area (Å²) in [6.07, 6.45) is -0.458. The van der Waals surface area contributed by atoms with Gasteiger partial charge in [0.15, 0.2) is 6.29 Å². The zero-order valence-electron chi connectivity index (χ0n) is 26.1. The minimum atomic E-state index is -0.998. The van der Waals surface area contributed by atoms with E-state index in [-0.39, 0.29) is 43.5 Å². The number of aliphatic carboxylic acids is 1. The van der Waals surface area contributed by atoms with Gasteiger partial charge in [0, 0.05) is 48.2 Å². The van der Waals surface area contributed by atoms with Crippen molar-refractivity contribution in [2.24, 2.45) is 0 Å². The van der Waals surface area contributed by atoms with E-state index in [9.17, 15) is 19.5 Å². The molecule has 1 saturated heterocycles. The first-order valence-corrected chi connectivity index (χ1v) is 16.4. The number of hydrogen-bond donors (Lipinski definition) is 4. The SMILES string of the molecule is CC(=O)Nc1ccc(SCC2CC(c3ccc(CO)cc3)OC(c3ccc(-c4cccc(CNC(=O)CCC(=O)O)c4)cc3)O2)cc1. The number of ether oxygens (including phenoxy) is 2. The Morgan fingerprint density at radius 2 is 1.55 bits per heavy atom. The summed E-state index contributed by atoms with van der Waals surface area (Å²) < 4.78 is 13.0. The number of aliphatic hydroxyl groups excluding tert-OH is 1. The Labute approximate surface area is 278 Å². The number of rotatable bonds is 13. The Kier molecular flexibility index (Phi) is 11.8. The van der Waals surface area contributed by atoms with Crippen LogP contribution in [-0.4, -0.2) is 39.9 Å². The average Bonchev–Trinajstić information content (AvgIpc) is 3.09. The van der Waals surface area contributed by atoms with Gasteiger partial charge in [0.25, 0.3) is 0 Å². The van der Waals surface area contributed by atoms with Gasteiger partial charge in [0.05, 0.1) is 25.2 Å². The molecule has 10 heteroatoms. The molecule has 4 aromatic rings. The Morgan fingerprint density at radius 1 is 0.830 bits per heavy atom. The Balaban J connectivity index is 1.27. The predicted octanol–water partition coefficient (Wildman–Crippen LogP) is 6.62. The van der Waals surface area contributed by atoms with Crippen molar-refractivity contribution in [1.82, 2.24) is 5.32 Å². The number of anilines is 1. The first-order valence-electron chi connectivity index (χ1n) is 15.4. The standard InChI is InChI=1S/C37H38N2O7S/c1-24(41)39-31-13-15-33(16-14-31)47-23-32-20-34(28-7-5-25(22-40)6-8-28)46-37(45-32)29-11-9-27(10-12-29)30-4-2-3-26(19-30)21-38-35(42)17-18-36(43)44/h2-16,19,32,34,37,40H,17-18,20-23H2,1H3,(H,38,42)(H,39,41)(H,43,44). The van der Waals surface area contributed by atoms with Crippen LogP contribution in [0, 0.1) is 0 Å². The molecule has 0 aliphatic carbocycles. The minimum Gasteiger partial charge on any atom is -0.481 e. The van der Waals surface area contributed by atoms with Crippen LogP contribution in [0.4, 0.5) is 5.69 Å². The fraction of sp³-hybridized carbons (Fsp3) is 0.270. The van der Waals surface area contributed by atoms with Gasteiger partial charge in [-0.2, -0.15) is 0 Å². The molecule has 4 N–H and O–H groups in total. The third kappa shape index (κ3) is 10.0. The van der Waals surface area contributed by atoms with Gasteiger partial charge in [0.1, 0.15) is 0 Å². The second-order valence-electron chi connectivity index (χ2n) is 11.4. The Hall–Kier alpha value is -4.48.